The molecule has 0 spiro atoms. The zero-order valence-corrected chi connectivity index (χ0v) is 11.6. The standard InChI is InChI=1S/C14H15ClN2O2/c1-3-8-17-13(12(15)9-16-17)14(18)10-4-6-11(19-2)7-5-10/h4-7,9H,3,8H2,1-2H3. The lowest BCUT2D eigenvalue weighted by Crippen LogP contribution is -2.12. The van der Waals surface area contributed by atoms with Gasteiger partial charge in [-0.05, 0) is 30.7 Å². The number of halogens is 1. The van der Waals surface area contributed by atoms with Crippen LogP contribution in [0.1, 0.15) is 29.4 Å². The van der Waals surface area contributed by atoms with Gasteiger partial charge in [0.15, 0.2) is 0 Å². The second-order valence-electron chi connectivity index (χ2n) is 4.12. The monoisotopic (exact) mass is 278 g/mol. The molecule has 4 nitrogen and oxygen atoms in total. The first-order valence-electron chi connectivity index (χ1n) is 6.07. The molecule has 0 aliphatic rings. The molecule has 0 unspecified atom stereocenters. The molecule has 2 rings (SSSR count). The summed E-state index contributed by atoms with van der Waals surface area (Å²) in [5.41, 5.74) is 1.01. The number of carbonyl (C=O) groups excluding carboxylic acids is 1. The molecule has 5 heteroatoms. The zero-order chi connectivity index (χ0) is 13.8. The number of rotatable bonds is 5. The van der Waals surface area contributed by atoms with Crippen molar-refractivity contribution in [3.63, 3.8) is 0 Å². The van der Waals surface area contributed by atoms with Crippen molar-refractivity contribution < 1.29 is 9.53 Å². The molecule has 0 radical (unpaired) electrons. The van der Waals surface area contributed by atoms with E-state index in [0.29, 0.717) is 28.6 Å². The van der Waals surface area contributed by atoms with Gasteiger partial charge in [-0.25, -0.2) is 0 Å². The van der Waals surface area contributed by atoms with E-state index in [1.807, 2.05) is 6.92 Å². The highest BCUT2D eigenvalue weighted by molar-refractivity contribution is 6.34. The Morgan fingerprint density at radius 1 is 1.37 bits per heavy atom. The lowest BCUT2D eigenvalue weighted by molar-refractivity contribution is 0.102. The normalized spacial score (nSPS) is 10.5. The molecule has 2 aromatic rings. The van der Waals surface area contributed by atoms with Crippen molar-refractivity contribution in [2.24, 2.45) is 0 Å². The van der Waals surface area contributed by atoms with Crippen LogP contribution in [0.4, 0.5) is 0 Å². The number of methoxy groups -OCH3 is 1. The van der Waals surface area contributed by atoms with Crippen LogP contribution in [0.15, 0.2) is 30.5 Å². The van der Waals surface area contributed by atoms with Crippen LogP contribution in [0, 0.1) is 0 Å². The molecule has 100 valence electrons. The molecule has 0 aliphatic heterocycles. The van der Waals surface area contributed by atoms with Crippen LogP contribution in [0.5, 0.6) is 5.75 Å². The fourth-order valence-corrected chi connectivity index (χ4v) is 2.08. The highest BCUT2D eigenvalue weighted by Gasteiger charge is 2.18. The van der Waals surface area contributed by atoms with Gasteiger partial charge in [0.1, 0.15) is 11.4 Å². The minimum absolute atomic E-state index is 0.126. The summed E-state index contributed by atoms with van der Waals surface area (Å²) >= 11 is 6.06. The number of aromatic nitrogens is 2. The maximum absolute atomic E-state index is 12.4. The molecule has 0 atom stereocenters. The van der Waals surface area contributed by atoms with E-state index in [4.69, 9.17) is 16.3 Å². The highest BCUT2D eigenvalue weighted by atomic mass is 35.5. The number of benzene rings is 1. The molecule has 0 saturated carbocycles. The van der Waals surface area contributed by atoms with Gasteiger partial charge < -0.3 is 4.74 Å². The quantitative estimate of drug-likeness (QED) is 0.789. The van der Waals surface area contributed by atoms with Crippen LogP contribution in [-0.4, -0.2) is 22.7 Å². The lowest BCUT2D eigenvalue weighted by Gasteiger charge is -2.06. The summed E-state index contributed by atoms with van der Waals surface area (Å²) in [5, 5.41) is 4.51. The van der Waals surface area contributed by atoms with Crippen molar-refractivity contribution in [1.29, 1.82) is 0 Å². The predicted molar refractivity (Wildman–Crippen MR) is 74.0 cm³/mol. The fourth-order valence-electron chi connectivity index (χ4n) is 1.85. The number of hydrogen-bond acceptors (Lipinski definition) is 3. The minimum Gasteiger partial charge on any atom is -0.497 e. The molecule has 1 aromatic heterocycles. The Morgan fingerprint density at radius 3 is 2.63 bits per heavy atom. The molecule has 0 aliphatic carbocycles. The van der Waals surface area contributed by atoms with Crippen molar-refractivity contribution >= 4 is 17.4 Å². The first-order valence-corrected chi connectivity index (χ1v) is 6.45. The molecule has 1 heterocycles. The third-order valence-electron chi connectivity index (χ3n) is 2.80. The van der Waals surface area contributed by atoms with Gasteiger partial charge in [0.2, 0.25) is 5.78 Å². The molecular weight excluding hydrogens is 264 g/mol. The summed E-state index contributed by atoms with van der Waals surface area (Å²) in [6.45, 7) is 2.70. The van der Waals surface area contributed by atoms with Crippen molar-refractivity contribution in [2.45, 2.75) is 19.9 Å². The van der Waals surface area contributed by atoms with Gasteiger partial charge in [-0.15, -0.1) is 0 Å². The first-order chi connectivity index (χ1) is 9.17. The van der Waals surface area contributed by atoms with Crippen LogP contribution in [0.25, 0.3) is 0 Å². The van der Waals surface area contributed by atoms with E-state index in [2.05, 4.69) is 5.10 Å². The summed E-state index contributed by atoms with van der Waals surface area (Å²) < 4.78 is 6.72. The number of carbonyl (C=O) groups is 1. The molecule has 0 fully saturated rings. The molecule has 0 N–H and O–H groups in total. The van der Waals surface area contributed by atoms with Gasteiger partial charge in [-0.1, -0.05) is 18.5 Å². The fraction of sp³-hybridized carbons (Fsp3) is 0.286. The van der Waals surface area contributed by atoms with Crippen LogP contribution in [-0.2, 0) is 6.54 Å². The Bertz CT molecular complexity index is 576. The predicted octanol–water partition coefficient (Wildman–Crippen LogP) is 3.19. The smallest absolute Gasteiger partial charge is 0.212 e. The second-order valence-corrected chi connectivity index (χ2v) is 4.53. The third-order valence-corrected chi connectivity index (χ3v) is 3.07. The summed E-state index contributed by atoms with van der Waals surface area (Å²) in [7, 11) is 1.59. The van der Waals surface area contributed by atoms with E-state index in [1.165, 1.54) is 6.20 Å². The van der Waals surface area contributed by atoms with Crippen LogP contribution < -0.4 is 4.74 Å². The maximum Gasteiger partial charge on any atom is 0.212 e. The molecular formula is C14H15ClN2O2. The average Bonchev–Trinajstić information content (AvgIpc) is 2.80. The van der Waals surface area contributed by atoms with Crippen LogP contribution in [0.2, 0.25) is 5.02 Å². The SMILES string of the molecule is CCCn1ncc(Cl)c1C(=O)c1ccc(OC)cc1. The summed E-state index contributed by atoms with van der Waals surface area (Å²) in [5.74, 6) is 0.586. The van der Waals surface area contributed by atoms with Gasteiger partial charge in [-0.2, -0.15) is 5.10 Å². The van der Waals surface area contributed by atoms with Crippen molar-refractivity contribution in [3.8, 4) is 5.75 Å². The van der Waals surface area contributed by atoms with E-state index in [1.54, 1.807) is 36.1 Å². The van der Waals surface area contributed by atoms with Gasteiger partial charge in [0, 0.05) is 12.1 Å². The molecule has 19 heavy (non-hydrogen) atoms. The Balaban J connectivity index is 2.34. The molecule has 0 amide bonds. The van der Waals surface area contributed by atoms with Crippen LogP contribution >= 0.6 is 11.6 Å². The van der Waals surface area contributed by atoms with E-state index >= 15 is 0 Å². The third kappa shape index (κ3) is 2.79. The van der Waals surface area contributed by atoms with E-state index in [-0.39, 0.29) is 5.78 Å². The van der Waals surface area contributed by atoms with Crippen molar-refractivity contribution in [1.82, 2.24) is 9.78 Å². The van der Waals surface area contributed by atoms with E-state index < -0.39 is 0 Å². The first kappa shape index (κ1) is 13.6. The van der Waals surface area contributed by atoms with E-state index in [9.17, 15) is 4.79 Å². The van der Waals surface area contributed by atoms with Gasteiger partial charge in [-0.3, -0.25) is 9.48 Å². The topological polar surface area (TPSA) is 44.1 Å². The Morgan fingerprint density at radius 2 is 2.05 bits per heavy atom. The lowest BCUT2D eigenvalue weighted by atomic mass is 10.1. The number of aryl methyl sites for hydroxylation is 1. The summed E-state index contributed by atoms with van der Waals surface area (Å²) in [4.78, 5) is 12.4. The maximum atomic E-state index is 12.4. The minimum atomic E-state index is -0.126. The van der Waals surface area contributed by atoms with Gasteiger partial charge >= 0.3 is 0 Å². The summed E-state index contributed by atoms with van der Waals surface area (Å²) in [6, 6.07) is 6.95. The Kier molecular flexibility index (Phi) is 4.22. The van der Waals surface area contributed by atoms with Crippen molar-refractivity contribution in [2.75, 3.05) is 7.11 Å². The number of ether oxygens (including phenoxy) is 1. The Labute approximate surface area is 116 Å². The number of ketones is 1. The summed E-state index contributed by atoms with van der Waals surface area (Å²) in [6.07, 6.45) is 2.40. The van der Waals surface area contributed by atoms with Crippen molar-refractivity contribution in [3.05, 3.63) is 46.7 Å². The molecule has 0 bridgehead atoms. The Hall–Kier alpha value is -1.81. The highest BCUT2D eigenvalue weighted by Crippen LogP contribution is 2.21. The number of hydrogen-bond donors (Lipinski definition) is 0. The number of nitrogens with zero attached hydrogens (tertiary/aromatic N) is 2. The zero-order valence-electron chi connectivity index (χ0n) is 10.9. The molecule has 0 saturated heterocycles. The van der Waals surface area contributed by atoms with Gasteiger partial charge in [0.25, 0.3) is 0 Å². The largest absolute Gasteiger partial charge is 0.497 e. The van der Waals surface area contributed by atoms with E-state index in [0.717, 1.165) is 6.42 Å². The van der Waals surface area contributed by atoms with Crippen LogP contribution in [0.3, 0.4) is 0 Å². The van der Waals surface area contributed by atoms with Gasteiger partial charge in [0.05, 0.1) is 18.3 Å². The average molecular weight is 279 g/mol. The molecule has 1 aromatic carbocycles. The second kappa shape index (κ2) is 5.89.